The Kier molecular flexibility index (Phi) is 6.35. The topological polar surface area (TPSA) is 46.2 Å². The van der Waals surface area contributed by atoms with Crippen LogP contribution in [0.5, 0.6) is 0 Å². The van der Waals surface area contributed by atoms with Crippen LogP contribution in [0.25, 0.3) is 21.2 Å². The lowest BCUT2D eigenvalue weighted by Crippen LogP contribution is -2.28. The van der Waals surface area contributed by atoms with Gasteiger partial charge in [-0.15, -0.1) is 11.3 Å². The lowest BCUT2D eigenvalue weighted by molar-refractivity contribution is -0.116. The van der Waals surface area contributed by atoms with Gasteiger partial charge in [0.25, 0.3) is 5.91 Å². The van der Waals surface area contributed by atoms with Gasteiger partial charge in [0.2, 0.25) is 0 Å². The fraction of sp³-hybridized carbons (Fsp3) is 0.120. The van der Waals surface area contributed by atoms with E-state index in [1.54, 1.807) is 30.3 Å². The molecule has 0 saturated carbocycles. The van der Waals surface area contributed by atoms with E-state index in [0.29, 0.717) is 22.6 Å². The van der Waals surface area contributed by atoms with Crippen LogP contribution in [0.4, 0.5) is 8.78 Å². The zero-order valence-electron chi connectivity index (χ0n) is 17.0. The third-order valence-electron chi connectivity index (χ3n) is 4.98. The highest BCUT2D eigenvalue weighted by Gasteiger charge is 2.14. The predicted octanol–water partition coefficient (Wildman–Crippen LogP) is 6.41. The van der Waals surface area contributed by atoms with Crippen LogP contribution in [0.2, 0.25) is 5.02 Å². The first kappa shape index (κ1) is 22.1. The highest BCUT2D eigenvalue weighted by molar-refractivity contribution is 7.19. The molecule has 7 heteroatoms. The maximum atomic E-state index is 13.6. The molecule has 4 aromatic rings. The van der Waals surface area contributed by atoms with Crippen LogP contribution in [-0.2, 0) is 11.2 Å². The summed E-state index contributed by atoms with van der Waals surface area (Å²) in [6, 6.07) is 16.7. The van der Waals surface area contributed by atoms with Gasteiger partial charge in [-0.25, -0.2) is 8.78 Å². The summed E-state index contributed by atoms with van der Waals surface area (Å²) >= 11 is 7.95. The van der Waals surface area contributed by atoms with E-state index in [1.165, 1.54) is 24.3 Å². The molecule has 32 heavy (non-hydrogen) atoms. The molecule has 1 N–H and O–H groups in total. The first-order chi connectivity index (χ1) is 15.3. The van der Waals surface area contributed by atoms with Gasteiger partial charge in [-0.05, 0) is 60.0 Å². The smallest absolute Gasteiger partial charge is 0.251 e. The number of fused-ring (bicyclic) bond motifs is 1. The molecule has 0 aliphatic rings. The summed E-state index contributed by atoms with van der Waals surface area (Å²) in [5.41, 5.74) is 2.86. The van der Waals surface area contributed by atoms with Gasteiger partial charge in [0.05, 0.1) is 6.54 Å². The minimum absolute atomic E-state index is 0.0213. The van der Waals surface area contributed by atoms with Crippen molar-refractivity contribution in [1.82, 2.24) is 5.32 Å². The Morgan fingerprint density at radius 3 is 2.56 bits per heavy atom. The molecule has 1 heterocycles. The predicted molar refractivity (Wildman–Crippen MR) is 124 cm³/mol. The summed E-state index contributed by atoms with van der Waals surface area (Å²) in [5.74, 6) is -2.19. The molecule has 0 aliphatic carbocycles. The third kappa shape index (κ3) is 4.71. The standard InChI is InChI=1S/C25H18ClF2NO2S/c1-14(30)13-29-25(31)17-4-2-3-16(11-17)19-6-7-21(26)20-12-18(32-24(19)20)9-15-5-8-22(27)23(28)10-15/h2-8,10-12H,9,13H2,1H3,(H,29,31). The number of benzene rings is 3. The van der Waals surface area contributed by atoms with Crippen LogP contribution in [0, 0.1) is 11.6 Å². The van der Waals surface area contributed by atoms with Crippen molar-refractivity contribution in [1.29, 1.82) is 0 Å². The largest absolute Gasteiger partial charge is 0.345 e. The molecular weight excluding hydrogens is 452 g/mol. The van der Waals surface area contributed by atoms with E-state index in [-0.39, 0.29) is 18.2 Å². The number of ketones is 1. The number of carbonyl (C=O) groups excluding carboxylic acids is 2. The van der Waals surface area contributed by atoms with Crippen molar-refractivity contribution in [3.63, 3.8) is 0 Å². The van der Waals surface area contributed by atoms with E-state index >= 15 is 0 Å². The Balaban J connectivity index is 1.70. The molecule has 0 unspecified atom stereocenters. The van der Waals surface area contributed by atoms with Crippen LogP contribution in [0.15, 0.2) is 60.7 Å². The maximum Gasteiger partial charge on any atom is 0.251 e. The van der Waals surface area contributed by atoms with Crippen LogP contribution in [0.3, 0.4) is 0 Å². The third-order valence-corrected chi connectivity index (χ3v) is 6.48. The maximum absolute atomic E-state index is 13.6. The second kappa shape index (κ2) is 9.18. The fourth-order valence-corrected chi connectivity index (χ4v) is 4.96. The van der Waals surface area contributed by atoms with Crippen LogP contribution in [0.1, 0.15) is 27.7 Å². The number of Topliss-reactive ketones (excluding diaryl/α,β-unsaturated/α-hetero) is 1. The van der Waals surface area contributed by atoms with Gasteiger partial charge in [-0.2, -0.15) is 0 Å². The highest BCUT2D eigenvalue weighted by Crippen LogP contribution is 2.39. The summed E-state index contributed by atoms with van der Waals surface area (Å²) in [4.78, 5) is 24.5. The number of rotatable bonds is 6. The Hall–Kier alpha value is -3.09. The van der Waals surface area contributed by atoms with Gasteiger partial charge in [0, 0.05) is 32.0 Å². The molecular formula is C25H18ClF2NO2S. The Bertz CT molecular complexity index is 1350. The Morgan fingerprint density at radius 2 is 1.81 bits per heavy atom. The number of thiophene rings is 1. The van der Waals surface area contributed by atoms with Crippen molar-refractivity contribution in [3.05, 3.63) is 93.3 Å². The first-order valence-corrected chi connectivity index (χ1v) is 11.0. The Morgan fingerprint density at radius 1 is 1.00 bits per heavy atom. The molecule has 0 aliphatic heterocycles. The molecule has 4 rings (SSSR count). The molecule has 1 aromatic heterocycles. The monoisotopic (exact) mass is 469 g/mol. The SMILES string of the molecule is CC(=O)CNC(=O)c1cccc(-c2ccc(Cl)c3cc(Cc4ccc(F)c(F)c4)sc23)c1. The van der Waals surface area contributed by atoms with Gasteiger partial charge in [-0.1, -0.05) is 35.9 Å². The van der Waals surface area contributed by atoms with Gasteiger partial charge >= 0.3 is 0 Å². The lowest BCUT2D eigenvalue weighted by atomic mass is 10.0. The van der Waals surface area contributed by atoms with E-state index in [2.05, 4.69) is 5.32 Å². The van der Waals surface area contributed by atoms with Gasteiger partial charge in [0.15, 0.2) is 11.6 Å². The number of halogens is 3. The normalized spacial score (nSPS) is 11.0. The minimum atomic E-state index is -0.873. The summed E-state index contributed by atoms with van der Waals surface area (Å²) in [7, 11) is 0. The van der Waals surface area contributed by atoms with E-state index in [1.807, 2.05) is 18.2 Å². The van der Waals surface area contributed by atoms with Gasteiger partial charge in [0.1, 0.15) is 5.78 Å². The van der Waals surface area contributed by atoms with Crippen molar-refractivity contribution in [2.75, 3.05) is 6.54 Å². The molecule has 1 amide bonds. The summed E-state index contributed by atoms with van der Waals surface area (Å²) in [6.07, 6.45) is 0.444. The number of carbonyl (C=O) groups is 2. The van der Waals surface area contributed by atoms with Crippen molar-refractivity contribution < 1.29 is 18.4 Å². The minimum Gasteiger partial charge on any atom is -0.345 e. The molecule has 0 fully saturated rings. The van der Waals surface area contributed by atoms with E-state index in [9.17, 15) is 18.4 Å². The van der Waals surface area contributed by atoms with E-state index < -0.39 is 11.6 Å². The van der Waals surface area contributed by atoms with Crippen molar-refractivity contribution in [2.45, 2.75) is 13.3 Å². The zero-order valence-corrected chi connectivity index (χ0v) is 18.6. The second-order valence-electron chi connectivity index (χ2n) is 7.44. The van der Waals surface area contributed by atoms with E-state index in [0.717, 1.165) is 32.2 Å². The number of hydrogen-bond acceptors (Lipinski definition) is 3. The fourth-order valence-electron chi connectivity index (χ4n) is 3.44. The van der Waals surface area contributed by atoms with Crippen LogP contribution in [-0.4, -0.2) is 18.2 Å². The lowest BCUT2D eigenvalue weighted by Gasteiger charge is -2.08. The molecule has 0 radical (unpaired) electrons. The Labute approximate surface area is 192 Å². The van der Waals surface area contributed by atoms with Gasteiger partial charge in [-0.3, -0.25) is 9.59 Å². The first-order valence-electron chi connectivity index (χ1n) is 9.85. The average molecular weight is 470 g/mol. The summed E-state index contributed by atoms with van der Waals surface area (Å²) in [6.45, 7) is 1.39. The van der Waals surface area contributed by atoms with Gasteiger partial charge < -0.3 is 5.32 Å². The van der Waals surface area contributed by atoms with Crippen molar-refractivity contribution >= 4 is 44.7 Å². The zero-order chi connectivity index (χ0) is 22.8. The van der Waals surface area contributed by atoms with Crippen LogP contribution < -0.4 is 5.32 Å². The van der Waals surface area contributed by atoms with Crippen LogP contribution >= 0.6 is 22.9 Å². The van der Waals surface area contributed by atoms with Crippen molar-refractivity contribution in [3.8, 4) is 11.1 Å². The summed E-state index contributed by atoms with van der Waals surface area (Å²) in [5, 5.41) is 4.05. The second-order valence-corrected chi connectivity index (χ2v) is 8.99. The van der Waals surface area contributed by atoms with Crippen molar-refractivity contribution in [2.24, 2.45) is 0 Å². The summed E-state index contributed by atoms with van der Waals surface area (Å²) < 4.78 is 27.8. The average Bonchev–Trinajstić information content (AvgIpc) is 3.19. The highest BCUT2D eigenvalue weighted by atomic mass is 35.5. The molecule has 0 bridgehead atoms. The molecule has 3 nitrogen and oxygen atoms in total. The quantitative estimate of drug-likeness (QED) is 0.354. The number of nitrogens with one attached hydrogen (secondary N) is 1. The molecule has 162 valence electrons. The molecule has 0 spiro atoms. The molecule has 0 atom stereocenters. The molecule has 0 saturated heterocycles. The number of hydrogen-bond donors (Lipinski definition) is 1. The number of amides is 1. The van der Waals surface area contributed by atoms with E-state index in [4.69, 9.17) is 11.6 Å². The molecule has 3 aromatic carbocycles.